The number of rotatable bonds is 5. The highest BCUT2D eigenvalue weighted by atomic mass is 16.2. The van der Waals surface area contributed by atoms with Crippen molar-refractivity contribution < 1.29 is 4.79 Å². The minimum Gasteiger partial charge on any atom is -0.369 e. The first-order valence-electron chi connectivity index (χ1n) is 8.34. The Labute approximate surface area is 134 Å². The molecule has 0 aromatic heterocycles. The average Bonchev–Trinajstić information content (AvgIpc) is 2.50. The molecule has 0 radical (unpaired) electrons. The van der Waals surface area contributed by atoms with E-state index < -0.39 is 0 Å². The molecular formula is C18H29N3O. The summed E-state index contributed by atoms with van der Waals surface area (Å²) in [5.41, 5.74) is 4.04. The molecule has 1 heterocycles. The summed E-state index contributed by atoms with van der Waals surface area (Å²) < 4.78 is 0. The normalized spacial score (nSPS) is 17.4. The maximum atomic E-state index is 12.0. The van der Waals surface area contributed by atoms with Gasteiger partial charge in [0.2, 0.25) is 5.91 Å². The van der Waals surface area contributed by atoms with Gasteiger partial charge in [-0.3, -0.25) is 9.69 Å². The minimum absolute atomic E-state index is 0.148. The summed E-state index contributed by atoms with van der Waals surface area (Å²) in [4.78, 5) is 16.6. The molecule has 22 heavy (non-hydrogen) atoms. The highest BCUT2D eigenvalue weighted by Gasteiger charge is 2.20. The zero-order valence-corrected chi connectivity index (χ0v) is 14.4. The SMILES string of the molecule is CC[C@H](C)NC(=O)CN1CCN(c2cccc(C)c2C)CC1. The predicted molar refractivity (Wildman–Crippen MR) is 92.5 cm³/mol. The number of nitrogens with zero attached hydrogens (tertiary/aromatic N) is 2. The Morgan fingerprint density at radius 2 is 1.91 bits per heavy atom. The van der Waals surface area contributed by atoms with Gasteiger partial charge in [0, 0.05) is 37.9 Å². The van der Waals surface area contributed by atoms with Crippen LogP contribution in [-0.2, 0) is 4.79 Å². The van der Waals surface area contributed by atoms with E-state index in [1.165, 1.54) is 16.8 Å². The van der Waals surface area contributed by atoms with Crippen molar-refractivity contribution in [3.63, 3.8) is 0 Å². The molecular weight excluding hydrogens is 274 g/mol. The first-order valence-corrected chi connectivity index (χ1v) is 8.34. The maximum Gasteiger partial charge on any atom is 0.234 e. The molecule has 1 atom stereocenters. The van der Waals surface area contributed by atoms with E-state index in [1.807, 2.05) is 0 Å². The van der Waals surface area contributed by atoms with Crippen LogP contribution < -0.4 is 10.2 Å². The van der Waals surface area contributed by atoms with Crippen molar-refractivity contribution in [2.45, 2.75) is 40.2 Å². The van der Waals surface area contributed by atoms with Crippen molar-refractivity contribution >= 4 is 11.6 Å². The van der Waals surface area contributed by atoms with Crippen molar-refractivity contribution in [2.24, 2.45) is 0 Å². The van der Waals surface area contributed by atoms with Gasteiger partial charge in [0.05, 0.1) is 6.54 Å². The van der Waals surface area contributed by atoms with Crippen LogP contribution in [0.1, 0.15) is 31.4 Å². The second-order valence-electron chi connectivity index (χ2n) is 6.36. The van der Waals surface area contributed by atoms with Crippen molar-refractivity contribution in [1.29, 1.82) is 0 Å². The zero-order valence-electron chi connectivity index (χ0n) is 14.4. The Kier molecular flexibility index (Phi) is 5.83. The zero-order chi connectivity index (χ0) is 16.1. The van der Waals surface area contributed by atoms with E-state index in [0.717, 1.165) is 32.6 Å². The predicted octanol–water partition coefficient (Wildman–Crippen LogP) is 2.34. The summed E-state index contributed by atoms with van der Waals surface area (Å²) in [5.74, 6) is 0.148. The molecule has 1 saturated heterocycles. The summed E-state index contributed by atoms with van der Waals surface area (Å²) in [6.07, 6.45) is 0.978. The molecule has 1 amide bonds. The Balaban J connectivity index is 1.85. The standard InChI is InChI=1S/C18H29N3O/c1-5-15(3)19-18(22)13-20-9-11-21(12-10-20)17-8-6-7-14(2)16(17)4/h6-8,15H,5,9-13H2,1-4H3,(H,19,22)/t15-/m0/s1. The number of anilines is 1. The van der Waals surface area contributed by atoms with Gasteiger partial charge in [-0.2, -0.15) is 0 Å². The summed E-state index contributed by atoms with van der Waals surface area (Å²) in [7, 11) is 0. The molecule has 1 aliphatic heterocycles. The number of nitrogens with one attached hydrogen (secondary N) is 1. The average molecular weight is 303 g/mol. The van der Waals surface area contributed by atoms with E-state index in [4.69, 9.17) is 0 Å². The number of benzene rings is 1. The van der Waals surface area contributed by atoms with E-state index in [0.29, 0.717) is 6.54 Å². The highest BCUT2D eigenvalue weighted by Crippen LogP contribution is 2.23. The van der Waals surface area contributed by atoms with E-state index in [1.54, 1.807) is 0 Å². The minimum atomic E-state index is 0.148. The monoisotopic (exact) mass is 303 g/mol. The van der Waals surface area contributed by atoms with E-state index in [-0.39, 0.29) is 11.9 Å². The second-order valence-corrected chi connectivity index (χ2v) is 6.36. The first kappa shape index (κ1) is 16.8. The molecule has 1 N–H and O–H groups in total. The van der Waals surface area contributed by atoms with Crippen LogP contribution in [0, 0.1) is 13.8 Å². The molecule has 0 aliphatic carbocycles. The van der Waals surface area contributed by atoms with Gasteiger partial charge in [-0.25, -0.2) is 0 Å². The third kappa shape index (κ3) is 4.23. The van der Waals surface area contributed by atoms with Crippen LogP contribution in [0.15, 0.2) is 18.2 Å². The number of hydrogen-bond acceptors (Lipinski definition) is 3. The molecule has 122 valence electrons. The third-order valence-corrected chi connectivity index (χ3v) is 4.68. The van der Waals surface area contributed by atoms with E-state index in [2.05, 4.69) is 61.0 Å². The van der Waals surface area contributed by atoms with Gasteiger partial charge in [0.25, 0.3) is 0 Å². The lowest BCUT2D eigenvalue weighted by molar-refractivity contribution is -0.122. The fourth-order valence-electron chi connectivity index (χ4n) is 2.85. The van der Waals surface area contributed by atoms with Crippen LogP contribution in [0.4, 0.5) is 5.69 Å². The highest BCUT2D eigenvalue weighted by molar-refractivity contribution is 5.78. The Morgan fingerprint density at radius 3 is 2.55 bits per heavy atom. The van der Waals surface area contributed by atoms with Crippen LogP contribution in [-0.4, -0.2) is 49.6 Å². The number of aryl methyl sites for hydroxylation is 1. The Morgan fingerprint density at radius 1 is 1.23 bits per heavy atom. The molecule has 1 fully saturated rings. The lowest BCUT2D eigenvalue weighted by Crippen LogP contribution is -2.50. The Bertz CT molecular complexity index is 507. The molecule has 2 rings (SSSR count). The number of carbonyl (C=O) groups is 1. The smallest absolute Gasteiger partial charge is 0.234 e. The second kappa shape index (κ2) is 7.63. The van der Waals surface area contributed by atoms with Crippen LogP contribution in [0.3, 0.4) is 0 Å². The molecule has 0 bridgehead atoms. The lowest BCUT2D eigenvalue weighted by Gasteiger charge is -2.36. The number of piperazine rings is 1. The molecule has 4 heteroatoms. The van der Waals surface area contributed by atoms with Crippen molar-refractivity contribution in [1.82, 2.24) is 10.2 Å². The summed E-state index contributed by atoms with van der Waals surface area (Å²) in [6, 6.07) is 6.76. The van der Waals surface area contributed by atoms with Crippen LogP contribution in [0.25, 0.3) is 0 Å². The molecule has 0 spiro atoms. The largest absolute Gasteiger partial charge is 0.369 e. The van der Waals surface area contributed by atoms with Crippen LogP contribution in [0.5, 0.6) is 0 Å². The summed E-state index contributed by atoms with van der Waals surface area (Å²) >= 11 is 0. The molecule has 4 nitrogen and oxygen atoms in total. The van der Waals surface area contributed by atoms with Gasteiger partial charge in [0.1, 0.15) is 0 Å². The molecule has 1 aliphatic rings. The van der Waals surface area contributed by atoms with Gasteiger partial charge in [-0.1, -0.05) is 19.1 Å². The van der Waals surface area contributed by atoms with Crippen molar-refractivity contribution in [2.75, 3.05) is 37.6 Å². The number of amides is 1. The van der Waals surface area contributed by atoms with Crippen LogP contribution in [0.2, 0.25) is 0 Å². The molecule has 1 aromatic carbocycles. The Hall–Kier alpha value is -1.55. The molecule has 0 unspecified atom stereocenters. The quantitative estimate of drug-likeness (QED) is 0.907. The van der Waals surface area contributed by atoms with E-state index >= 15 is 0 Å². The maximum absolute atomic E-state index is 12.0. The van der Waals surface area contributed by atoms with Gasteiger partial charge in [-0.05, 0) is 44.4 Å². The van der Waals surface area contributed by atoms with Gasteiger partial charge in [-0.15, -0.1) is 0 Å². The fourth-order valence-corrected chi connectivity index (χ4v) is 2.85. The fraction of sp³-hybridized carbons (Fsp3) is 0.611. The third-order valence-electron chi connectivity index (χ3n) is 4.68. The number of carbonyl (C=O) groups excluding carboxylic acids is 1. The molecule has 1 aromatic rings. The van der Waals surface area contributed by atoms with Crippen molar-refractivity contribution in [3.8, 4) is 0 Å². The number of hydrogen-bond donors (Lipinski definition) is 1. The first-order chi connectivity index (χ1) is 10.5. The summed E-state index contributed by atoms with van der Waals surface area (Å²) in [6.45, 7) is 12.9. The van der Waals surface area contributed by atoms with Crippen LogP contribution >= 0.6 is 0 Å². The van der Waals surface area contributed by atoms with Crippen molar-refractivity contribution in [3.05, 3.63) is 29.3 Å². The molecule has 0 saturated carbocycles. The summed E-state index contributed by atoms with van der Waals surface area (Å²) in [5, 5.41) is 3.04. The van der Waals surface area contributed by atoms with Gasteiger partial charge in [0.15, 0.2) is 0 Å². The van der Waals surface area contributed by atoms with Gasteiger partial charge < -0.3 is 10.2 Å². The lowest BCUT2D eigenvalue weighted by atomic mass is 10.1. The van der Waals surface area contributed by atoms with E-state index in [9.17, 15) is 4.79 Å². The topological polar surface area (TPSA) is 35.6 Å². The van der Waals surface area contributed by atoms with Gasteiger partial charge >= 0.3 is 0 Å².